The van der Waals surface area contributed by atoms with E-state index in [9.17, 15) is 9.90 Å². The zero-order chi connectivity index (χ0) is 14.0. The van der Waals surface area contributed by atoms with E-state index in [1.807, 2.05) is 26.8 Å². The predicted octanol–water partition coefficient (Wildman–Crippen LogP) is 0.668. The van der Waals surface area contributed by atoms with Crippen LogP contribution in [0.5, 0.6) is 0 Å². The van der Waals surface area contributed by atoms with Crippen molar-refractivity contribution in [2.24, 2.45) is 5.73 Å². The van der Waals surface area contributed by atoms with Crippen molar-refractivity contribution in [3.63, 3.8) is 0 Å². The van der Waals surface area contributed by atoms with Gasteiger partial charge in [0.25, 0.3) is 0 Å². The lowest BCUT2D eigenvalue weighted by Gasteiger charge is -2.48. The maximum Gasteiger partial charge on any atom is 0.333 e. The van der Waals surface area contributed by atoms with Crippen LogP contribution in [0.4, 0.5) is 0 Å². The van der Waals surface area contributed by atoms with Crippen molar-refractivity contribution in [2.75, 3.05) is 13.7 Å². The van der Waals surface area contributed by atoms with E-state index >= 15 is 0 Å². The van der Waals surface area contributed by atoms with Crippen LogP contribution in [-0.4, -0.2) is 41.9 Å². The second-order valence-electron chi connectivity index (χ2n) is 4.96. The Morgan fingerprint density at radius 2 is 2.28 bits per heavy atom. The van der Waals surface area contributed by atoms with Gasteiger partial charge in [-0.1, -0.05) is 12.2 Å². The molecule has 0 aliphatic heterocycles. The van der Waals surface area contributed by atoms with Crippen molar-refractivity contribution < 1.29 is 14.6 Å². The Morgan fingerprint density at radius 1 is 1.67 bits per heavy atom. The number of carboxylic acid groups (broad SMARTS) is 1. The Labute approximate surface area is 108 Å². The Bertz CT molecular complexity index is 382. The van der Waals surface area contributed by atoms with Gasteiger partial charge in [-0.05, 0) is 33.9 Å². The van der Waals surface area contributed by atoms with Crippen LogP contribution >= 0.6 is 0 Å². The molecule has 0 amide bonds. The zero-order valence-corrected chi connectivity index (χ0v) is 11.4. The van der Waals surface area contributed by atoms with Crippen LogP contribution in [0.2, 0.25) is 0 Å². The van der Waals surface area contributed by atoms with Crippen LogP contribution in [-0.2, 0) is 9.53 Å². The number of likely N-dealkylation sites (N-methyl/N-ethyl adjacent to an activating group) is 1. The summed E-state index contributed by atoms with van der Waals surface area (Å²) in [6, 6.07) is -0.486. The van der Waals surface area contributed by atoms with Crippen LogP contribution in [0.3, 0.4) is 0 Å². The van der Waals surface area contributed by atoms with Crippen LogP contribution in [0.15, 0.2) is 23.8 Å². The fraction of sp³-hybridized carbons (Fsp3) is 0.615. The minimum Gasteiger partial charge on any atom is -0.478 e. The van der Waals surface area contributed by atoms with Gasteiger partial charge in [-0.3, -0.25) is 0 Å². The molecule has 0 aromatic carbocycles. The Kier molecular flexibility index (Phi) is 4.32. The van der Waals surface area contributed by atoms with Crippen LogP contribution < -0.4 is 11.1 Å². The summed E-state index contributed by atoms with van der Waals surface area (Å²) in [4.78, 5) is 11.3. The fourth-order valence-corrected chi connectivity index (χ4v) is 2.43. The molecule has 102 valence electrons. The number of carboxylic acids is 1. The van der Waals surface area contributed by atoms with Crippen LogP contribution in [0.25, 0.3) is 0 Å². The van der Waals surface area contributed by atoms with Crippen LogP contribution in [0, 0.1) is 0 Å². The quantitative estimate of drug-likeness (QED) is 0.671. The molecule has 0 aromatic rings. The Morgan fingerprint density at radius 3 is 2.67 bits per heavy atom. The molecule has 18 heavy (non-hydrogen) atoms. The van der Waals surface area contributed by atoms with Gasteiger partial charge in [-0.25, -0.2) is 4.79 Å². The van der Waals surface area contributed by atoms with E-state index in [1.165, 1.54) is 0 Å². The topological polar surface area (TPSA) is 84.6 Å². The van der Waals surface area contributed by atoms with E-state index in [0.29, 0.717) is 6.61 Å². The first-order valence-corrected chi connectivity index (χ1v) is 6.03. The average Bonchev–Trinajstić information content (AvgIpc) is 2.27. The van der Waals surface area contributed by atoms with Gasteiger partial charge >= 0.3 is 5.97 Å². The molecule has 0 bridgehead atoms. The molecule has 0 saturated carbocycles. The summed E-state index contributed by atoms with van der Waals surface area (Å²) in [6.45, 7) is 5.99. The summed E-state index contributed by atoms with van der Waals surface area (Å²) in [5.41, 5.74) is 4.88. The largest absolute Gasteiger partial charge is 0.478 e. The van der Waals surface area contributed by atoms with E-state index in [4.69, 9.17) is 10.5 Å². The van der Waals surface area contributed by atoms with Crippen molar-refractivity contribution in [3.8, 4) is 0 Å². The third-order valence-corrected chi connectivity index (χ3v) is 3.29. The molecule has 4 N–H and O–H groups in total. The molecule has 5 heteroatoms. The van der Waals surface area contributed by atoms with E-state index < -0.39 is 23.2 Å². The number of hydrogen-bond donors (Lipinski definition) is 3. The molecule has 0 fully saturated rings. The van der Waals surface area contributed by atoms with Gasteiger partial charge < -0.3 is 20.9 Å². The molecule has 0 heterocycles. The molecule has 1 rings (SSSR count). The third-order valence-electron chi connectivity index (χ3n) is 3.29. The SMILES string of the molecule is CCOC1(C(C)(C)N)C=CC=C(C(=O)O)C1NC. The summed E-state index contributed by atoms with van der Waals surface area (Å²) >= 11 is 0. The maximum absolute atomic E-state index is 11.3. The van der Waals surface area contributed by atoms with Gasteiger partial charge in [-0.2, -0.15) is 0 Å². The molecular formula is C13H22N2O3. The van der Waals surface area contributed by atoms with Crippen molar-refractivity contribution in [1.82, 2.24) is 5.32 Å². The second-order valence-corrected chi connectivity index (χ2v) is 4.96. The standard InChI is InChI=1S/C13H22N2O3/c1-5-18-13(12(2,3)14)8-6-7-9(11(16)17)10(13)15-4/h6-8,10,15H,5,14H2,1-4H3,(H,16,17). The van der Waals surface area contributed by atoms with Crippen molar-refractivity contribution in [1.29, 1.82) is 0 Å². The summed E-state index contributed by atoms with van der Waals surface area (Å²) in [7, 11) is 1.71. The van der Waals surface area contributed by atoms with Gasteiger partial charge in [0.1, 0.15) is 5.60 Å². The predicted molar refractivity (Wildman–Crippen MR) is 70.3 cm³/mol. The smallest absolute Gasteiger partial charge is 0.333 e. The summed E-state index contributed by atoms with van der Waals surface area (Å²) < 4.78 is 5.84. The van der Waals surface area contributed by atoms with Crippen molar-refractivity contribution in [2.45, 2.75) is 38.0 Å². The number of allylic oxidation sites excluding steroid dienone is 2. The number of nitrogens with two attached hydrogens (primary N) is 1. The van der Waals surface area contributed by atoms with E-state index in [0.717, 1.165) is 0 Å². The molecular weight excluding hydrogens is 232 g/mol. The minimum absolute atomic E-state index is 0.256. The van der Waals surface area contributed by atoms with Crippen molar-refractivity contribution in [3.05, 3.63) is 23.8 Å². The monoisotopic (exact) mass is 254 g/mol. The van der Waals surface area contributed by atoms with Gasteiger partial charge in [0.2, 0.25) is 0 Å². The first kappa shape index (κ1) is 14.9. The maximum atomic E-state index is 11.3. The number of aliphatic carboxylic acids is 1. The van der Waals surface area contributed by atoms with E-state index in [-0.39, 0.29) is 5.57 Å². The highest BCUT2D eigenvalue weighted by Crippen LogP contribution is 2.35. The zero-order valence-electron chi connectivity index (χ0n) is 11.4. The average molecular weight is 254 g/mol. The molecule has 1 aliphatic rings. The van der Waals surface area contributed by atoms with Crippen LogP contribution in [0.1, 0.15) is 20.8 Å². The molecule has 2 atom stereocenters. The van der Waals surface area contributed by atoms with E-state index in [2.05, 4.69) is 5.32 Å². The van der Waals surface area contributed by atoms with Gasteiger partial charge in [0.15, 0.2) is 0 Å². The number of carbonyl (C=O) groups is 1. The van der Waals surface area contributed by atoms with Gasteiger partial charge in [0, 0.05) is 12.1 Å². The normalized spacial score (nSPS) is 28.1. The number of rotatable bonds is 5. The third kappa shape index (κ3) is 2.34. The first-order chi connectivity index (χ1) is 8.30. The molecule has 5 nitrogen and oxygen atoms in total. The Balaban J connectivity index is 3.31. The highest BCUT2D eigenvalue weighted by molar-refractivity contribution is 5.89. The number of nitrogens with one attached hydrogen (secondary N) is 1. The van der Waals surface area contributed by atoms with Gasteiger partial charge in [-0.15, -0.1) is 0 Å². The highest BCUT2D eigenvalue weighted by Gasteiger charge is 2.51. The van der Waals surface area contributed by atoms with Gasteiger partial charge in [0.05, 0.1) is 11.6 Å². The molecule has 1 aliphatic carbocycles. The lowest BCUT2D eigenvalue weighted by Crippen LogP contribution is -2.68. The number of ether oxygens (including phenoxy) is 1. The molecule has 2 unspecified atom stereocenters. The Hall–Kier alpha value is -1.17. The second kappa shape index (κ2) is 5.22. The molecule has 0 radical (unpaired) electrons. The summed E-state index contributed by atoms with van der Waals surface area (Å²) in [5.74, 6) is -0.966. The lowest BCUT2D eigenvalue weighted by atomic mass is 9.72. The number of hydrogen-bond acceptors (Lipinski definition) is 4. The summed E-state index contributed by atoms with van der Waals surface area (Å²) in [6.07, 6.45) is 5.11. The first-order valence-electron chi connectivity index (χ1n) is 6.03. The minimum atomic E-state index is -0.966. The van der Waals surface area contributed by atoms with E-state index in [1.54, 1.807) is 19.2 Å². The fourth-order valence-electron chi connectivity index (χ4n) is 2.43. The lowest BCUT2D eigenvalue weighted by molar-refractivity contribution is -0.135. The van der Waals surface area contributed by atoms with Crippen molar-refractivity contribution >= 4 is 5.97 Å². The molecule has 0 saturated heterocycles. The molecule has 0 spiro atoms. The summed E-state index contributed by atoms with van der Waals surface area (Å²) in [5, 5.41) is 12.3. The highest BCUT2D eigenvalue weighted by atomic mass is 16.5. The molecule has 0 aromatic heterocycles.